The Bertz CT molecular complexity index is 1400. The van der Waals surface area contributed by atoms with Crippen LogP contribution in [0.3, 0.4) is 0 Å². The van der Waals surface area contributed by atoms with Crippen LogP contribution in [0.5, 0.6) is 11.6 Å². The van der Waals surface area contributed by atoms with Gasteiger partial charge < -0.3 is 14.6 Å². The molecular weight excluding hydrogens is 531 g/mol. The molecule has 224 valence electrons. The maximum Gasteiger partial charge on any atom is 0.306 e. The van der Waals surface area contributed by atoms with Crippen molar-refractivity contribution in [1.29, 1.82) is 0 Å². The molecule has 0 spiro atoms. The lowest BCUT2D eigenvalue weighted by Crippen LogP contribution is -2.29. The third-order valence-corrected chi connectivity index (χ3v) is 9.30. The Morgan fingerprint density at radius 1 is 1.26 bits per heavy atom. The van der Waals surface area contributed by atoms with Crippen molar-refractivity contribution in [2.24, 2.45) is 11.8 Å². The first-order valence-corrected chi connectivity index (χ1v) is 15.2. The van der Waals surface area contributed by atoms with Crippen LogP contribution in [-0.4, -0.2) is 53.3 Å². The number of carboxylic acids is 1. The van der Waals surface area contributed by atoms with Crippen molar-refractivity contribution in [3.63, 3.8) is 0 Å². The molecule has 2 unspecified atom stereocenters. The number of benzene rings is 1. The molecule has 2 aromatic rings. The monoisotopic (exact) mass is 574 g/mol. The van der Waals surface area contributed by atoms with E-state index in [-0.39, 0.29) is 12.0 Å². The van der Waals surface area contributed by atoms with E-state index >= 15 is 4.39 Å². The highest BCUT2D eigenvalue weighted by Crippen LogP contribution is 2.48. The van der Waals surface area contributed by atoms with Crippen LogP contribution in [0.15, 0.2) is 60.3 Å². The highest BCUT2D eigenvalue weighted by Gasteiger charge is 2.39. The van der Waals surface area contributed by atoms with Crippen LogP contribution in [0.25, 0.3) is 5.57 Å². The molecule has 2 aliphatic heterocycles. The number of rotatable bonds is 11. The Balaban J connectivity index is 1.41. The minimum Gasteiger partial charge on any atom is -0.486 e. The minimum absolute atomic E-state index is 0.00417. The molecule has 1 aliphatic carbocycles. The topological polar surface area (TPSA) is 71.9 Å². The van der Waals surface area contributed by atoms with E-state index in [9.17, 15) is 9.90 Å². The first-order chi connectivity index (χ1) is 20.2. The predicted molar refractivity (Wildman–Crippen MR) is 163 cm³/mol. The fraction of sp³-hybridized carbons (Fsp3) is 0.486. The molecule has 3 aliphatic rings. The van der Waals surface area contributed by atoms with E-state index in [4.69, 9.17) is 9.47 Å². The van der Waals surface area contributed by atoms with E-state index < -0.39 is 17.7 Å². The molecule has 1 saturated carbocycles. The molecule has 1 N–H and O–H groups in total. The average molecular weight is 575 g/mol. The summed E-state index contributed by atoms with van der Waals surface area (Å²) in [6, 6.07) is 8.36. The molecular formula is C35H43FN2O4. The van der Waals surface area contributed by atoms with Crippen molar-refractivity contribution in [2.45, 2.75) is 77.4 Å². The lowest BCUT2D eigenvalue weighted by molar-refractivity contribution is -0.142. The van der Waals surface area contributed by atoms with Crippen LogP contribution in [0.2, 0.25) is 0 Å². The smallest absolute Gasteiger partial charge is 0.306 e. The second kappa shape index (κ2) is 12.8. The third kappa shape index (κ3) is 6.62. The number of ether oxygens (including phenoxy) is 2. The molecule has 0 amide bonds. The van der Waals surface area contributed by atoms with Gasteiger partial charge in [0.15, 0.2) is 0 Å². The van der Waals surface area contributed by atoms with Crippen LogP contribution in [-0.2, 0) is 11.2 Å². The summed E-state index contributed by atoms with van der Waals surface area (Å²) in [5, 5.41) is 9.72. The summed E-state index contributed by atoms with van der Waals surface area (Å²) in [4.78, 5) is 18.3. The number of carboxylic acid groups (broad SMARTS) is 1. The average Bonchev–Trinajstić information content (AvgIpc) is 3.74. The number of nitrogens with zero attached hydrogens (tertiary/aromatic N) is 2. The van der Waals surface area contributed by atoms with E-state index in [1.165, 1.54) is 13.3 Å². The van der Waals surface area contributed by atoms with Gasteiger partial charge in [0.25, 0.3) is 0 Å². The number of fused-ring (bicyclic) bond motifs is 1. The molecule has 7 heteroatoms. The summed E-state index contributed by atoms with van der Waals surface area (Å²) >= 11 is 0. The second-order valence-corrected chi connectivity index (χ2v) is 12.3. The standard InChI is InChI=1S/C35H43FN2O4/c1-21(31-15-13-25-9-12-27(17-32(25)42-31)34(26-10-11-26)24(4)35(39)40)8-14-28(22(2)20-38-16-6-7-23(38)3)29-18-33(41-5)37-19-30(29)36/h8-9,12,14,17-19,23-24,26,31,34H,2,6-7,10-11,13,15-16,20H2,1,3-5H3,(H,39,40)/b21-8+,28-14+/t23?,24-,31?,34-/m0/s1. The van der Waals surface area contributed by atoms with Gasteiger partial charge in [0.2, 0.25) is 5.88 Å². The van der Waals surface area contributed by atoms with Crippen molar-refractivity contribution in [1.82, 2.24) is 9.88 Å². The number of hydrogen-bond acceptors (Lipinski definition) is 5. The molecule has 2 fully saturated rings. The van der Waals surface area contributed by atoms with Crippen LogP contribution in [0.1, 0.15) is 75.5 Å². The normalized spacial score (nSPS) is 22.7. The highest BCUT2D eigenvalue weighted by molar-refractivity contribution is 5.80. The van der Waals surface area contributed by atoms with Crippen molar-refractivity contribution in [3.05, 3.63) is 82.8 Å². The Morgan fingerprint density at radius 3 is 2.71 bits per heavy atom. The van der Waals surface area contributed by atoms with Gasteiger partial charge >= 0.3 is 5.97 Å². The van der Waals surface area contributed by atoms with Gasteiger partial charge in [-0.25, -0.2) is 9.37 Å². The maximum absolute atomic E-state index is 15.1. The van der Waals surface area contributed by atoms with Gasteiger partial charge in [-0.2, -0.15) is 0 Å². The molecule has 1 saturated heterocycles. The number of aromatic nitrogens is 1. The first-order valence-electron chi connectivity index (χ1n) is 15.2. The van der Waals surface area contributed by atoms with Crippen LogP contribution >= 0.6 is 0 Å². The van der Waals surface area contributed by atoms with E-state index in [1.54, 1.807) is 6.07 Å². The van der Waals surface area contributed by atoms with Gasteiger partial charge in [-0.3, -0.25) is 9.69 Å². The Hall–Kier alpha value is -3.45. The molecule has 0 bridgehead atoms. The Morgan fingerprint density at radius 2 is 2.05 bits per heavy atom. The maximum atomic E-state index is 15.1. The van der Waals surface area contributed by atoms with Gasteiger partial charge in [-0.15, -0.1) is 0 Å². The zero-order chi connectivity index (χ0) is 30.0. The second-order valence-electron chi connectivity index (χ2n) is 12.3. The van der Waals surface area contributed by atoms with Crippen molar-refractivity contribution in [2.75, 3.05) is 20.2 Å². The summed E-state index contributed by atoms with van der Waals surface area (Å²) in [7, 11) is 1.52. The number of halogens is 1. The fourth-order valence-electron chi connectivity index (χ4n) is 6.51. The van der Waals surface area contributed by atoms with Gasteiger partial charge in [-0.1, -0.05) is 37.8 Å². The lowest BCUT2D eigenvalue weighted by atomic mass is 9.82. The minimum atomic E-state index is -0.756. The largest absolute Gasteiger partial charge is 0.486 e. The zero-order valence-corrected chi connectivity index (χ0v) is 25.2. The molecule has 3 heterocycles. The molecule has 1 aromatic heterocycles. The molecule has 1 aromatic carbocycles. The van der Waals surface area contributed by atoms with Crippen LogP contribution < -0.4 is 9.47 Å². The number of likely N-dealkylation sites (tertiary alicyclic amines) is 1. The summed E-state index contributed by atoms with van der Waals surface area (Å²) in [6.45, 7) is 12.1. The molecule has 0 radical (unpaired) electrons. The zero-order valence-electron chi connectivity index (χ0n) is 25.2. The van der Waals surface area contributed by atoms with E-state index in [0.29, 0.717) is 29.9 Å². The van der Waals surface area contributed by atoms with Crippen LogP contribution in [0, 0.1) is 17.7 Å². The van der Waals surface area contributed by atoms with E-state index in [2.05, 4.69) is 41.6 Å². The van der Waals surface area contributed by atoms with Crippen molar-refractivity contribution in [3.8, 4) is 11.6 Å². The Kier molecular flexibility index (Phi) is 9.16. The van der Waals surface area contributed by atoms with Crippen molar-refractivity contribution < 1.29 is 23.8 Å². The molecule has 4 atom stereocenters. The van der Waals surface area contributed by atoms with Gasteiger partial charge in [-0.05, 0) is 105 Å². The quantitative estimate of drug-likeness (QED) is 0.286. The molecule has 5 rings (SSSR count). The number of allylic oxidation sites excluding steroid dienone is 2. The SMILES string of the molecule is C=C(CN1CCCC1C)/C(=C\C=C(/C)C1CCc2ccc([C@H](C3CC3)[C@H](C)C(=O)O)cc2O1)c1cc(OC)ncc1F. The number of aliphatic carboxylic acids is 1. The number of carbonyl (C=O) groups is 1. The molecule has 6 nitrogen and oxygen atoms in total. The van der Waals surface area contributed by atoms with Gasteiger partial charge in [0, 0.05) is 24.2 Å². The summed E-state index contributed by atoms with van der Waals surface area (Å²) < 4.78 is 27.0. The first kappa shape index (κ1) is 30.0. The highest BCUT2D eigenvalue weighted by atomic mass is 19.1. The summed E-state index contributed by atoms with van der Waals surface area (Å²) in [5.74, 6) is -0.0119. The lowest BCUT2D eigenvalue weighted by Gasteiger charge is -2.29. The van der Waals surface area contributed by atoms with Crippen LogP contribution in [0.4, 0.5) is 4.39 Å². The summed E-state index contributed by atoms with van der Waals surface area (Å²) in [5.41, 5.74) is 5.21. The fourth-order valence-corrected chi connectivity index (χ4v) is 6.51. The van der Waals surface area contributed by atoms with Gasteiger partial charge in [0.1, 0.15) is 17.7 Å². The number of pyridine rings is 1. The van der Waals surface area contributed by atoms with E-state index in [0.717, 1.165) is 78.7 Å². The Labute approximate surface area is 248 Å². The number of hydrogen-bond donors (Lipinski definition) is 1. The van der Waals surface area contributed by atoms with Crippen molar-refractivity contribution >= 4 is 11.5 Å². The van der Waals surface area contributed by atoms with E-state index in [1.807, 2.05) is 26.0 Å². The third-order valence-electron chi connectivity index (χ3n) is 9.30. The number of aryl methyl sites for hydroxylation is 1. The molecule has 42 heavy (non-hydrogen) atoms. The predicted octanol–water partition coefficient (Wildman–Crippen LogP) is 7.21. The summed E-state index contributed by atoms with van der Waals surface area (Å²) in [6.07, 6.45) is 11.2. The number of methoxy groups -OCH3 is 1. The van der Waals surface area contributed by atoms with Gasteiger partial charge in [0.05, 0.1) is 19.2 Å².